The van der Waals surface area contributed by atoms with Gasteiger partial charge in [0.1, 0.15) is 0 Å². The van der Waals surface area contributed by atoms with E-state index in [0.29, 0.717) is 0 Å². The fourth-order valence-corrected chi connectivity index (χ4v) is 1.91. The molecule has 1 aliphatic heterocycles. The van der Waals surface area contributed by atoms with E-state index in [-0.39, 0.29) is 6.04 Å². The quantitative estimate of drug-likeness (QED) is 0.760. The van der Waals surface area contributed by atoms with Gasteiger partial charge in [0.2, 0.25) is 0 Å². The summed E-state index contributed by atoms with van der Waals surface area (Å²) in [5, 5.41) is 3.35. The van der Waals surface area contributed by atoms with Gasteiger partial charge in [-0.2, -0.15) is 0 Å². The zero-order chi connectivity index (χ0) is 10.7. The molecule has 1 aromatic rings. The van der Waals surface area contributed by atoms with Gasteiger partial charge in [-0.3, -0.25) is 0 Å². The van der Waals surface area contributed by atoms with E-state index in [1.807, 2.05) is 6.92 Å². The average molecular weight is 205 g/mol. The number of nitrogens with one attached hydrogen (secondary N) is 1. The lowest BCUT2D eigenvalue weighted by Crippen LogP contribution is -2.43. The Morgan fingerprint density at radius 3 is 2.33 bits per heavy atom. The van der Waals surface area contributed by atoms with Crippen molar-refractivity contribution in [3.8, 4) is 0 Å². The molecular formula is C12H19N3. The van der Waals surface area contributed by atoms with E-state index in [1.54, 1.807) is 0 Å². The lowest BCUT2D eigenvalue weighted by molar-refractivity contribution is 0.589. The maximum absolute atomic E-state index is 5.82. The van der Waals surface area contributed by atoms with Crippen LogP contribution >= 0.6 is 0 Å². The van der Waals surface area contributed by atoms with Crippen molar-refractivity contribution in [2.75, 3.05) is 31.1 Å². The van der Waals surface area contributed by atoms with Gasteiger partial charge in [-0.25, -0.2) is 0 Å². The highest BCUT2D eigenvalue weighted by Gasteiger charge is 2.10. The fourth-order valence-electron chi connectivity index (χ4n) is 1.91. The molecule has 3 N–H and O–H groups in total. The Balaban J connectivity index is 2.08. The van der Waals surface area contributed by atoms with E-state index in [0.717, 1.165) is 26.2 Å². The summed E-state index contributed by atoms with van der Waals surface area (Å²) in [7, 11) is 0. The first kappa shape index (κ1) is 10.5. The predicted octanol–water partition coefficient (Wildman–Crippen LogP) is 1.12. The Bertz CT molecular complexity index is 299. The molecule has 1 aromatic carbocycles. The maximum atomic E-state index is 5.82. The molecular weight excluding hydrogens is 186 g/mol. The van der Waals surface area contributed by atoms with E-state index in [9.17, 15) is 0 Å². The Morgan fingerprint density at radius 1 is 1.20 bits per heavy atom. The number of benzene rings is 1. The lowest BCUT2D eigenvalue weighted by atomic mass is 10.1. The highest BCUT2D eigenvalue weighted by Crippen LogP contribution is 2.18. The SMILES string of the molecule is CC(N)c1ccc(N2CCNCC2)cc1. The molecule has 3 nitrogen and oxygen atoms in total. The summed E-state index contributed by atoms with van der Waals surface area (Å²) in [6.07, 6.45) is 0. The number of hydrogen-bond acceptors (Lipinski definition) is 3. The Labute approximate surface area is 91.3 Å². The van der Waals surface area contributed by atoms with Crippen LogP contribution in [0.25, 0.3) is 0 Å². The smallest absolute Gasteiger partial charge is 0.0367 e. The van der Waals surface area contributed by atoms with Crippen LogP contribution in [0.4, 0.5) is 5.69 Å². The molecule has 1 saturated heterocycles. The van der Waals surface area contributed by atoms with E-state index >= 15 is 0 Å². The van der Waals surface area contributed by atoms with Crippen LogP contribution in [0.1, 0.15) is 18.5 Å². The standard InChI is InChI=1S/C12H19N3/c1-10(13)11-2-4-12(5-3-11)15-8-6-14-7-9-15/h2-5,10,14H,6-9,13H2,1H3. The van der Waals surface area contributed by atoms with Gasteiger partial charge in [0, 0.05) is 37.9 Å². The summed E-state index contributed by atoms with van der Waals surface area (Å²) in [6.45, 7) is 6.36. The normalized spacial score (nSPS) is 18.9. The van der Waals surface area contributed by atoms with Crippen molar-refractivity contribution < 1.29 is 0 Å². The minimum absolute atomic E-state index is 0.127. The topological polar surface area (TPSA) is 41.3 Å². The maximum Gasteiger partial charge on any atom is 0.0367 e. The number of nitrogens with zero attached hydrogens (tertiary/aromatic N) is 1. The molecule has 1 atom stereocenters. The molecule has 1 aliphatic rings. The fraction of sp³-hybridized carbons (Fsp3) is 0.500. The van der Waals surface area contributed by atoms with Gasteiger partial charge in [-0.1, -0.05) is 12.1 Å². The third-order valence-corrected chi connectivity index (χ3v) is 2.90. The highest BCUT2D eigenvalue weighted by atomic mass is 15.2. The zero-order valence-electron chi connectivity index (χ0n) is 9.24. The molecule has 15 heavy (non-hydrogen) atoms. The van der Waals surface area contributed by atoms with E-state index in [4.69, 9.17) is 5.73 Å². The minimum Gasteiger partial charge on any atom is -0.369 e. The van der Waals surface area contributed by atoms with E-state index in [2.05, 4.69) is 34.5 Å². The second-order valence-electron chi connectivity index (χ2n) is 4.12. The summed E-state index contributed by atoms with van der Waals surface area (Å²) in [6, 6.07) is 8.72. The monoisotopic (exact) mass is 205 g/mol. The van der Waals surface area contributed by atoms with Crippen molar-refractivity contribution in [2.45, 2.75) is 13.0 Å². The van der Waals surface area contributed by atoms with Crippen LogP contribution in [-0.2, 0) is 0 Å². The van der Waals surface area contributed by atoms with Crippen LogP contribution in [0, 0.1) is 0 Å². The Morgan fingerprint density at radius 2 is 1.80 bits per heavy atom. The van der Waals surface area contributed by atoms with Gasteiger partial charge in [0.15, 0.2) is 0 Å². The van der Waals surface area contributed by atoms with Crippen molar-refractivity contribution in [1.82, 2.24) is 5.32 Å². The molecule has 0 amide bonds. The van der Waals surface area contributed by atoms with Crippen LogP contribution < -0.4 is 16.0 Å². The van der Waals surface area contributed by atoms with Crippen LogP contribution in [0.15, 0.2) is 24.3 Å². The van der Waals surface area contributed by atoms with Crippen LogP contribution in [0.2, 0.25) is 0 Å². The summed E-state index contributed by atoms with van der Waals surface area (Å²) in [5.41, 5.74) is 8.33. The van der Waals surface area contributed by atoms with Crippen molar-refractivity contribution in [1.29, 1.82) is 0 Å². The lowest BCUT2D eigenvalue weighted by Gasteiger charge is -2.29. The molecule has 2 rings (SSSR count). The molecule has 82 valence electrons. The van der Waals surface area contributed by atoms with Crippen LogP contribution in [-0.4, -0.2) is 26.2 Å². The number of nitrogens with two attached hydrogens (primary N) is 1. The highest BCUT2D eigenvalue weighted by molar-refractivity contribution is 5.48. The van der Waals surface area contributed by atoms with Gasteiger partial charge < -0.3 is 16.0 Å². The molecule has 1 heterocycles. The van der Waals surface area contributed by atoms with Gasteiger partial charge >= 0.3 is 0 Å². The van der Waals surface area contributed by atoms with Gasteiger partial charge in [0.25, 0.3) is 0 Å². The second-order valence-corrected chi connectivity index (χ2v) is 4.12. The van der Waals surface area contributed by atoms with Gasteiger partial charge in [-0.05, 0) is 24.6 Å². The van der Waals surface area contributed by atoms with Crippen LogP contribution in [0.3, 0.4) is 0 Å². The molecule has 0 spiro atoms. The molecule has 0 bridgehead atoms. The van der Waals surface area contributed by atoms with E-state index in [1.165, 1.54) is 11.3 Å². The van der Waals surface area contributed by atoms with Crippen LogP contribution in [0.5, 0.6) is 0 Å². The van der Waals surface area contributed by atoms with Gasteiger partial charge in [0.05, 0.1) is 0 Å². The largest absolute Gasteiger partial charge is 0.369 e. The number of piperazine rings is 1. The molecule has 0 aliphatic carbocycles. The van der Waals surface area contributed by atoms with E-state index < -0.39 is 0 Å². The minimum atomic E-state index is 0.127. The molecule has 0 radical (unpaired) electrons. The molecule has 0 saturated carbocycles. The first-order valence-corrected chi connectivity index (χ1v) is 5.58. The summed E-state index contributed by atoms with van der Waals surface area (Å²) in [4.78, 5) is 2.40. The van der Waals surface area contributed by atoms with Crippen molar-refractivity contribution in [3.05, 3.63) is 29.8 Å². The summed E-state index contributed by atoms with van der Waals surface area (Å²) < 4.78 is 0. The third kappa shape index (κ3) is 2.49. The zero-order valence-corrected chi connectivity index (χ0v) is 9.24. The summed E-state index contributed by atoms with van der Waals surface area (Å²) >= 11 is 0. The molecule has 1 fully saturated rings. The van der Waals surface area contributed by atoms with Crippen molar-refractivity contribution in [2.24, 2.45) is 5.73 Å². The van der Waals surface area contributed by atoms with Gasteiger partial charge in [-0.15, -0.1) is 0 Å². The summed E-state index contributed by atoms with van der Waals surface area (Å²) in [5.74, 6) is 0. The molecule has 0 aromatic heterocycles. The molecule has 1 unspecified atom stereocenters. The first-order valence-electron chi connectivity index (χ1n) is 5.58. The number of hydrogen-bond donors (Lipinski definition) is 2. The third-order valence-electron chi connectivity index (χ3n) is 2.90. The Kier molecular flexibility index (Phi) is 3.23. The van der Waals surface area contributed by atoms with Crippen molar-refractivity contribution in [3.63, 3.8) is 0 Å². The number of rotatable bonds is 2. The number of anilines is 1. The average Bonchev–Trinajstić information content (AvgIpc) is 2.30. The Hall–Kier alpha value is -1.06. The molecule has 3 heteroatoms. The van der Waals surface area contributed by atoms with Crippen molar-refractivity contribution >= 4 is 5.69 Å². The predicted molar refractivity (Wildman–Crippen MR) is 64.1 cm³/mol. The first-order chi connectivity index (χ1) is 7.27. The second kappa shape index (κ2) is 4.64.